The summed E-state index contributed by atoms with van der Waals surface area (Å²) >= 11 is 1.99. The van der Waals surface area contributed by atoms with Crippen LogP contribution in [0.3, 0.4) is 0 Å². The molecule has 0 bridgehead atoms. The Labute approximate surface area is 201 Å². The van der Waals surface area contributed by atoms with Crippen LogP contribution in [-0.4, -0.2) is 47.8 Å². The molecule has 0 N–H and O–H groups in total. The topological polar surface area (TPSA) is 6.48 Å². The molecule has 3 heteroatoms. The average Bonchev–Trinajstić information content (AvgIpc) is 2.85. The van der Waals surface area contributed by atoms with E-state index in [1.807, 2.05) is 11.8 Å². The highest BCUT2D eigenvalue weighted by molar-refractivity contribution is 7.99. The summed E-state index contributed by atoms with van der Waals surface area (Å²) < 4.78 is 0. The summed E-state index contributed by atoms with van der Waals surface area (Å²) in [6.45, 7) is 10.7. The molecule has 0 amide bonds. The molecule has 0 aliphatic heterocycles. The zero-order valence-corrected chi connectivity index (χ0v) is 21.2. The van der Waals surface area contributed by atoms with Gasteiger partial charge in [-0.3, -0.25) is 9.80 Å². The SMILES string of the molecule is CCC(C)N(CCN(CCCSc1ccccc1)Cc1ccccc1)CC1CCCCC1. The number of hydrogen-bond acceptors (Lipinski definition) is 3. The quantitative estimate of drug-likeness (QED) is 0.218. The monoisotopic (exact) mass is 452 g/mol. The summed E-state index contributed by atoms with van der Waals surface area (Å²) in [5.74, 6) is 2.11. The summed E-state index contributed by atoms with van der Waals surface area (Å²) in [6.07, 6.45) is 9.70. The Hall–Kier alpha value is -1.29. The Morgan fingerprint density at radius 1 is 0.875 bits per heavy atom. The second-order valence-electron chi connectivity index (χ2n) is 9.53. The van der Waals surface area contributed by atoms with Crippen LogP contribution in [0.4, 0.5) is 0 Å². The minimum absolute atomic E-state index is 0.684. The van der Waals surface area contributed by atoms with Crippen molar-refractivity contribution in [3.05, 3.63) is 66.2 Å². The predicted octanol–water partition coefficient (Wildman–Crippen LogP) is 7.35. The molecule has 1 saturated carbocycles. The van der Waals surface area contributed by atoms with Crippen molar-refractivity contribution in [3.8, 4) is 0 Å². The lowest BCUT2D eigenvalue weighted by Gasteiger charge is -2.35. The summed E-state index contributed by atoms with van der Waals surface area (Å²) in [5, 5.41) is 0. The van der Waals surface area contributed by atoms with Crippen molar-refractivity contribution < 1.29 is 0 Å². The molecule has 32 heavy (non-hydrogen) atoms. The van der Waals surface area contributed by atoms with E-state index in [4.69, 9.17) is 0 Å². The summed E-state index contributed by atoms with van der Waals surface area (Å²) in [6, 6.07) is 22.5. The molecule has 1 aliphatic rings. The van der Waals surface area contributed by atoms with E-state index in [2.05, 4.69) is 84.3 Å². The Morgan fingerprint density at radius 2 is 1.56 bits per heavy atom. The molecule has 176 valence electrons. The Balaban J connectivity index is 1.53. The van der Waals surface area contributed by atoms with E-state index in [1.54, 1.807) is 0 Å². The lowest BCUT2D eigenvalue weighted by Crippen LogP contribution is -2.42. The maximum atomic E-state index is 2.80. The first-order valence-electron chi connectivity index (χ1n) is 12.9. The molecule has 3 rings (SSSR count). The molecule has 1 atom stereocenters. The van der Waals surface area contributed by atoms with Gasteiger partial charge in [-0.15, -0.1) is 11.8 Å². The molecule has 0 aromatic heterocycles. The average molecular weight is 453 g/mol. The van der Waals surface area contributed by atoms with E-state index in [0.29, 0.717) is 6.04 Å². The fourth-order valence-electron chi connectivity index (χ4n) is 4.83. The molecule has 0 spiro atoms. The van der Waals surface area contributed by atoms with E-state index < -0.39 is 0 Å². The van der Waals surface area contributed by atoms with Crippen molar-refractivity contribution in [1.29, 1.82) is 0 Å². The van der Waals surface area contributed by atoms with Gasteiger partial charge in [-0.1, -0.05) is 74.7 Å². The largest absolute Gasteiger partial charge is 0.299 e. The van der Waals surface area contributed by atoms with E-state index in [1.165, 1.54) is 87.3 Å². The van der Waals surface area contributed by atoms with E-state index in [-0.39, 0.29) is 0 Å². The normalized spacial score (nSPS) is 16.0. The van der Waals surface area contributed by atoms with Crippen LogP contribution in [0.15, 0.2) is 65.6 Å². The fraction of sp³-hybridized carbons (Fsp3) is 0.586. The Bertz CT molecular complexity index is 714. The molecule has 1 unspecified atom stereocenters. The number of nitrogens with zero attached hydrogens (tertiary/aromatic N) is 2. The maximum Gasteiger partial charge on any atom is 0.0234 e. The van der Waals surface area contributed by atoms with Gasteiger partial charge in [0.05, 0.1) is 0 Å². The number of hydrogen-bond donors (Lipinski definition) is 0. The molecular formula is C29H44N2S. The van der Waals surface area contributed by atoms with E-state index in [0.717, 1.165) is 12.5 Å². The molecule has 0 saturated heterocycles. The molecule has 1 fully saturated rings. The van der Waals surface area contributed by atoms with Gasteiger partial charge in [-0.05, 0) is 68.5 Å². The predicted molar refractivity (Wildman–Crippen MR) is 141 cm³/mol. The van der Waals surface area contributed by atoms with Crippen LogP contribution < -0.4 is 0 Å². The third kappa shape index (κ3) is 9.29. The van der Waals surface area contributed by atoms with Crippen molar-refractivity contribution >= 4 is 11.8 Å². The van der Waals surface area contributed by atoms with Crippen molar-refractivity contribution in [2.45, 2.75) is 76.3 Å². The standard InChI is InChI=1S/C29H44N2S/c1-3-26(2)31(25-28-16-9-5-10-17-28)22-21-30(24-27-14-7-4-8-15-27)20-13-23-32-29-18-11-6-12-19-29/h4,6-8,11-12,14-15,18-19,26,28H,3,5,9-10,13,16-17,20-25H2,1-2H3. The smallest absolute Gasteiger partial charge is 0.0234 e. The maximum absolute atomic E-state index is 2.80. The van der Waals surface area contributed by atoms with Crippen LogP contribution >= 0.6 is 11.8 Å². The van der Waals surface area contributed by atoms with Gasteiger partial charge < -0.3 is 0 Å². The Kier molecular flexibility index (Phi) is 11.7. The Morgan fingerprint density at radius 3 is 2.25 bits per heavy atom. The molecule has 1 aliphatic carbocycles. The van der Waals surface area contributed by atoms with Gasteiger partial charge in [0.25, 0.3) is 0 Å². The van der Waals surface area contributed by atoms with Crippen LogP contribution in [0.5, 0.6) is 0 Å². The molecule has 2 nitrogen and oxygen atoms in total. The number of benzene rings is 2. The highest BCUT2D eigenvalue weighted by atomic mass is 32.2. The van der Waals surface area contributed by atoms with Gasteiger partial charge in [0.15, 0.2) is 0 Å². The van der Waals surface area contributed by atoms with Gasteiger partial charge in [-0.2, -0.15) is 0 Å². The highest BCUT2D eigenvalue weighted by Gasteiger charge is 2.21. The molecular weight excluding hydrogens is 408 g/mol. The fourth-order valence-corrected chi connectivity index (χ4v) is 5.69. The summed E-state index contributed by atoms with van der Waals surface area (Å²) in [5.41, 5.74) is 1.44. The minimum Gasteiger partial charge on any atom is -0.299 e. The second-order valence-corrected chi connectivity index (χ2v) is 10.7. The first-order valence-corrected chi connectivity index (χ1v) is 13.9. The van der Waals surface area contributed by atoms with Crippen molar-refractivity contribution in [2.24, 2.45) is 5.92 Å². The molecule has 0 heterocycles. The van der Waals surface area contributed by atoms with Crippen LogP contribution in [-0.2, 0) is 6.54 Å². The van der Waals surface area contributed by atoms with Crippen molar-refractivity contribution in [2.75, 3.05) is 31.9 Å². The van der Waals surface area contributed by atoms with Crippen LogP contribution in [0.2, 0.25) is 0 Å². The van der Waals surface area contributed by atoms with Gasteiger partial charge in [0.2, 0.25) is 0 Å². The third-order valence-electron chi connectivity index (χ3n) is 7.01. The van der Waals surface area contributed by atoms with Gasteiger partial charge >= 0.3 is 0 Å². The lowest BCUT2D eigenvalue weighted by molar-refractivity contribution is 0.129. The second kappa shape index (κ2) is 14.8. The van der Waals surface area contributed by atoms with Crippen LogP contribution in [0.25, 0.3) is 0 Å². The molecule has 0 radical (unpaired) electrons. The van der Waals surface area contributed by atoms with Crippen LogP contribution in [0.1, 0.15) is 64.4 Å². The third-order valence-corrected chi connectivity index (χ3v) is 8.11. The van der Waals surface area contributed by atoms with Crippen molar-refractivity contribution in [3.63, 3.8) is 0 Å². The van der Waals surface area contributed by atoms with Gasteiger partial charge in [0, 0.05) is 37.1 Å². The molecule has 2 aromatic rings. The summed E-state index contributed by atoms with van der Waals surface area (Å²) in [4.78, 5) is 6.88. The summed E-state index contributed by atoms with van der Waals surface area (Å²) in [7, 11) is 0. The van der Waals surface area contributed by atoms with E-state index in [9.17, 15) is 0 Å². The first-order chi connectivity index (χ1) is 15.7. The zero-order chi connectivity index (χ0) is 22.4. The first kappa shape index (κ1) is 25.3. The minimum atomic E-state index is 0.684. The number of rotatable bonds is 14. The van der Waals surface area contributed by atoms with Crippen molar-refractivity contribution in [1.82, 2.24) is 9.80 Å². The highest BCUT2D eigenvalue weighted by Crippen LogP contribution is 2.25. The van der Waals surface area contributed by atoms with E-state index >= 15 is 0 Å². The van der Waals surface area contributed by atoms with Crippen LogP contribution in [0, 0.1) is 5.92 Å². The van der Waals surface area contributed by atoms with Gasteiger partial charge in [0.1, 0.15) is 0 Å². The van der Waals surface area contributed by atoms with Gasteiger partial charge in [-0.25, -0.2) is 0 Å². The zero-order valence-electron chi connectivity index (χ0n) is 20.4. The number of thioether (sulfide) groups is 1. The lowest BCUT2D eigenvalue weighted by atomic mass is 9.88. The molecule has 2 aromatic carbocycles.